The standard InChI is InChI=1S/C31H27F3N8O2/c32-31(33,34)22-9-5-20(6-10-22)29(43)39-23-11-7-19(8-12-23)26-25-27(36)37-17-38-28(25)42(40-26)24-2-1-13-41(16-24)30(44)21(15-35)14-18-3-4-18/h5-12,14,17-18,24H,1-4,13,16H2,(H,39,43)(H2,36,37,38)/b21-14-. The number of halogens is 3. The first-order chi connectivity index (χ1) is 21.1. The van der Waals surface area contributed by atoms with Crippen molar-refractivity contribution in [3.05, 3.63) is 77.6 Å². The number of nitrogens with zero attached hydrogens (tertiary/aromatic N) is 6. The number of hydrogen-bond acceptors (Lipinski definition) is 7. The Bertz CT molecular complexity index is 1800. The van der Waals surface area contributed by atoms with Gasteiger partial charge in [0.2, 0.25) is 0 Å². The molecule has 2 aromatic carbocycles. The van der Waals surface area contributed by atoms with Crippen LogP contribution in [0, 0.1) is 17.2 Å². The second-order valence-corrected chi connectivity index (χ2v) is 10.9. The second kappa shape index (κ2) is 11.4. The molecule has 1 unspecified atom stereocenters. The van der Waals surface area contributed by atoms with Gasteiger partial charge in [0, 0.05) is 29.9 Å². The molecule has 10 nitrogen and oxygen atoms in total. The maximum Gasteiger partial charge on any atom is 0.416 e. The third-order valence-corrected chi connectivity index (χ3v) is 7.81. The summed E-state index contributed by atoms with van der Waals surface area (Å²) in [7, 11) is 0. The first-order valence-corrected chi connectivity index (χ1v) is 14.1. The quantitative estimate of drug-likeness (QED) is 0.224. The molecule has 1 aliphatic heterocycles. The molecule has 44 heavy (non-hydrogen) atoms. The minimum absolute atomic E-state index is 0.0849. The van der Waals surface area contributed by atoms with Gasteiger partial charge in [-0.05, 0) is 68.0 Å². The molecule has 2 fully saturated rings. The number of hydrogen-bond donors (Lipinski definition) is 2. The Labute approximate surface area is 250 Å². The lowest BCUT2D eigenvalue weighted by molar-refractivity contribution is -0.137. The fraction of sp³-hybridized carbons (Fsp3) is 0.290. The topological polar surface area (TPSA) is 143 Å². The number of amides is 2. The molecule has 13 heteroatoms. The molecular weight excluding hydrogens is 573 g/mol. The molecule has 3 heterocycles. The van der Waals surface area contributed by atoms with Gasteiger partial charge in [0.1, 0.15) is 29.5 Å². The number of aromatic nitrogens is 4. The van der Waals surface area contributed by atoms with Crippen molar-refractivity contribution in [2.24, 2.45) is 5.92 Å². The second-order valence-electron chi connectivity index (χ2n) is 10.9. The van der Waals surface area contributed by atoms with Crippen LogP contribution in [0.15, 0.2) is 66.5 Å². The number of piperidine rings is 1. The van der Waals surface area contributed by atoms with E-state index in [2.05, 4.69) is 21.4 Å². The highest BCUT2D eigenvalue weighted by Crippen LogP contribution is 2.35. The van der Waals surface area contributed by atoms with Crippen LogP contribution in [-0.2, 0) is 11.0 Å². The zero-order valence-electron chi connectivity index (χ0n) is 23.4. The van der Waals surface area contributed by atoms with Crippen LogP contribution in [0.4, 0.5) is 24.7 Å². The molecule has 224 valence electrons. The van der Waals surface area contributed by atoms with E-state index in [0.717, 1.165) is 49.9 Å². The van der Waals surface area contributed by atoms with Gasteiger partial charge < -0.3 is 16.0 Å². The summed E-state index contributed by atoms with van der Waals surface area (Å²) in [5.74, 6) is -0.291. The van der Waals surface area contributed by atoms with Crippen molar-refractivity contribution >= 4 is 34.4 Å². The summed E-state index contributed by atoms with van der Waals surface area (Å²) >= 11 is 0. The third kappa shape index (κ3) is 5.83. The number of allylic oxidation sites excluding steroid dienone is 1. The Balaban J connectivity index is 1.24. The van der Waals surface area contributed by atoms with Crippen LogP contribution >= 0.6 is 0 Å². The lowest BCUT2D eigenvalue weighted by Gasteiger charge is -2.32. The molecule has 0 bridgehead atoms. The summed E-state index contributed by atoms with van der Waals surface area (Å²) in [6.45, 7) is 0.902. The van der Waals surface area contributed by atoms with Gasteiger partial charge in [0.15, 0.2) is 5.65 Å². The van der Waals surface area contributed by atoms with Crippen LogP contribution in [-0.4, -0.2) is 49.6 Å². The van der Waals surface area contributed by atoms with Gasteiger partial charge in [-0.1, -0.05) is 18.2 Å². The maximum atomic E-state index is 13.2. The van der Waals surface area contributed by atoms with E-state index in [0.29, 0.717) is 47.0 Å². The number of rotatable bonds is 6. The number of nitriles is 1. The lowest BCUT2D eigenvalue weighted by Crippen LogP contribution is -2.41. The molecule has 2 aromatic heterocycles. The van der Waals surface area contributed by atoms with E-state index in [9.17, 15) is 28.0 Å². The van der Waals surface area contributed by atoms with Crippen molar-refractivity contribution in [1.82, 2.24) is 24.6 Å². The number of likely N-dealkylation sites (tertiary alicyclic amines) is 1. The van der Waals surface area contributed by atoms with Gasteiger partial charge in [-0.3, -0.25) is 9.59 Å². The Morgan fingerprint density at radius 3 is 2.43 bits per heavy atom. The van der Waals surface area contributed by atoms with Crippen molar-refractivity contribution in [3.63, 3.8) is 0 Å². The number of nitrogen functional groups attached to an aromatic ring is 1. The number of nitrogens with two attached hydrogens (primary N) is 1. The molecule has 6 rings (SSSR count). The summed E-state index contributed by atoms with van der Waals surface area (Å²) in [6, 6.07) is 12.6. The molecule has 3 N–H and O–H groups in total. The van der Waals surface area contributed by atoms with E-state index >= 15 is 0 Å². The predicted octanol–water partition coefficient (Wildman–Crippen LogP) is 5.37. The van der Waals surface area contributed by atoms with Gasteiger partial charge in [-0.2, -0.15) is 23.5 Å². The lowest BCUT2D eigenvalue weighted by atomic mass is 10.0. The molecular formula is C31H27F3N8O2. The summed E-state index contributed by atoms with van der Waals surface area (Å²) in [5, 5.41) is 17.7. The SMILES string of the molecule is N#C/C(=C/C1CC1)C(=O)N1CCCC(n2nc(-c3ccc(NC(=O)c4ccc(C(F)(F)F)cc4)cc3)c3c(N)ncnc32)C1. The van der Waals surface area contributed by atoms with Crippen molar-refractivity contribution in [2.75, 3.05) is 24.1 Å². The summed E-state index contributed by atoms with van der Waals surface area (Å²) in [6.07, 6.45) is 2.11. The molecule has 0 spiro atoms. The fourth-order valence-electron chi connectivity index (χ4n) is 5.34. The van der Waals surface area contributed by atoms with Gasteiger partial charge in [0.25, 0.3) is 11.8 Å². The summed E-state index contributed by atoms with van der Waals surface area (Å²) in [4.78, 5) is 36.1. The fourth-order valence-corrected chi connectivity index (χ4v) is 5.34. The van der Waals surface area contributed by atoms with E-state index in [1.807, 2.05) is 0 Å². The number of benzene rings is 2. The Kier molecular flexibility index (Phi) is 7.50. The Morgan fingerprint density at radius 1 is 1.05 bits per heavy atom. The maximum absolute atomic E-state index is 13.2. The number of carbonyl (C=O) groups excluding carboxylic acids is 2. The van der Waals surface area contributed by atoms with Crippen LogP contribution in [0.1, 0.15) is 47.6 Å². The first kappa shape index (κ1) is 28.9. The summed E-state index contributed by atoms with van der Waals surface area (Å²) < 4.78 is 40.3. The average Bonchev–Trinajstić information content (AvgIpc) is 3.76. The Hall–Kier alpha value is -5.25. The van der Waals surface area contributed by atoms with Crippen LogP contribution < -0.4 is 11.1 Å². The predicted molar refractivity (Wildman–Crippen MR) is 156 cm³/mol. The molecule has 1 saturated heterocycles. The number of anilines is 2. The van der Waals surface area contributed by atoms with Crippen LogP contribution in [0.3, 0.4) is 0 Å². The zero-order chi connectivity index (χ0) is 31.0. The van der Waals surface area contributed by atoms with E-state index in [1.165, 1.54) is 6.33 Å². The number of fused-ring (bicyclic) bond motifs is 1. The van der Waals surface area contributed by atoms with Crippen LogP contribution in [0.2, 0.25) is 0 Å². The molecule has 0 radical (unpaired) electrons. The highest BCUT2D eigenvalue weighted by Gasteiger charge is 2.32. The van der Waals surface area contributed by atoms with E-state index in [-0.39, 0.29) is 28.9 Å². The monoisotopic (exact) mass is 600 g/mol. The van der Waals surface area contributed by atoms with Gasteiger partial charge in [-0.25, -0.2) is 14.6 Å². The number of alkyl halides is 3. The number of carbonyl (C=O) groups is 2. The van der Waals surface area contributed by atoms with Crippen LogP contribution in [0.5, 0.6) is 0 Å². The average molecular weight is 601 g/mol. The van der Waals surface area contributed by atoms with Gasteiger partial charge in [0.05, 0.1) is 17.0 Å². The molecule has 1 aliphatic carbocycles. The normalized spacial score (nSPS) is 17.4. The third-order valence-electron chi connectivity index (χ3n) is 7.81. The summed E-state index contributed by atoms with van der Waals surface area (Å²) in [5.41, 5.74) is 7.85. The van der Waals surface area contributed by atoms with Crippen molar-refractivity contribution in [1.29, 1.82) is 5.26 Å². The molecule has 2 amide bonds. The molecule has 1 atom stereocenters. The molecule has 2 aliphatic rings. The van der Waals surface area contributed by atoms with E-state index < -0.39 is 17.6 Å². The van der Waals surface area contributed by atoms with Crippen LogP contribution in [0.25, 0.3) is 22.3 Å². The largest absolute Gasteiger partial charge is 0.416 e. The number of nitrogens with one attached hydrogen (secondary N) is 1. The zero-order valence-corrected chi connectivity index (χ0v) is 23.4. The minimum atomic E-state index is -4.49. The van der Waals surface area contributed by atoms with Crippen molar-refractivity contribution in [3.8, 4) is 17.3 Å². The van der Waals surface area contributed by atoms with Gasteiger partial charge >= 0.3 is 6.18 Å². The highest BCUT2D eigenvalue weighted by atomic mass is 19.4. The van der Waals surface area contributed by atoms with Crippen molar-refractivity contribution < 1.29 is 22.8 Å². The molecule has 1 saturated carbocycles. The molecule has 4 aromatic rings. The van der Waals surface area contributed by atoms with E-state index in [1.54, 1.807) is 39.9 Å². The minimum Gasteiger partial charge on any atom is -0.383 e. The first-order valence-electron chi connectivity index (χ1n) is 14.1. The van der Waals surface area contributed by atoms with E-state index in [4.69, 9.17) is 10.8 Å². The Morgan fingerprint density at radius 2 is 1.77 bits per heavy atom. The smallest absolute Gasteiger partial charge is 0.383 e. The van der Waals surface area contributed by atoms with Crippen molar-refractivity contribution in [2.45, 2.75) is 37.9 Å². The van der Waals surface area contributed by atoms with Gasteiger partial charge in [-0.15, -0.1) is 0 Å². The highest BCUT2D eigenvalue weighted by molar-refractivity contribution is 6.04.